The van der Waals surface area contributed by atoms with Crippen LogP contribution in [0.4, 0.5) is 0 Å². The van der Waals surface area contributed by atoms with Crippen LogP contribution >= 0.6 is 0 Å². The Morgan fingerprint density at radius 3 is 2.44 bits per heavy atom. The first-order valence-electron chi connectivity index (χ1n) is 6.61. The molecule has 4 heteroatoms. The number of esters is 1. The van der Waals surface area contributed by atoms with Gasteiger partial charge in [-0.3, -0.25) is 4.79 Å². The van der Waals surface area contributed by atoms with Gasteiger partial charge in [0.25, 0.3) is 0 Å². The number of carbonyl (C=O) groups is 1. The van der Waals surface area contributed by atoms with Gasteiger partial charge >= 0.3 is 5.97 Å². The van der Waals surface area contributed by atoms with Crippen LogP contribution in [0.1, 0.15) is 34.1 Å². The molecule has 2 unspecified atom stereocenters. The zero-order valence-corrected chi connectivity index (χ0v) is 13.4. The maximum Gasteiger partial charge on any atom is 0.303 e. The van der Waals surface area contributed by atoms with Gasteiger partial charge in [0.05, 0.1) is 0 Å². The van der Waals surface area contributed by atoms with E-state index in [2.05, 4.69) is 39.9 Å². The lowest BCUT2D eigenvalue weighted by Crippen LogP contribution is -2.41. The van der Waals surface area contributed by atoms with Crippen molar-refractivity contribution in [2.45, 2.75) is 58.4 Å². The van der Waals surface area contributed by atoms with Crippen molar-refractivity contribution in [3.05, 3.63) is 12.2 Å². The van der Waals surface area contributed by atoms with E-state index in [0.717, 1.165) is 13.0 Å². The fourth-order valence-corrected chi connectivity index (χ4v) is 2.76. The van der Waals surface area contributed by atoms with Crippen LogP contribution in [0.15, 0.2) is 12.2 Å². The second-order valence-electron chi connectivity index (χ2n) is 6.60. The number of ether oxygens (including phenoxy) is 1. The van der Waals surface area contributed by atoms with E-state index in [1.807, 2.05) is 6.08 Å². The zero-order valence-electron chi connectivity index (χ0n) is 12.4. The van der Waals surface area contributed by atoms with Crippen LogP contribution in [-0.4, -0.2) is 27.0 Å². The Morgan fingerprint density at radius 1 is 1.33 bits per heavy atom. The Labute approximate surface area is 112 Å². The third-order valence-electron chi connectivity index (χ3n) is 3.91. The average Bonchev–Trinajstić information content (AvgIpc) is 2.60. The Hall–Kier alpha value is -0.613. The molecular formula is C14H26O3Si. The second kappa shape index (κ2) is 5.57. The summed E-state index contributed by atoms with van der Waals surface area (Å²) in [4.78, 5) is 10.9. The first-order chi connectivity index (χ1) is 8.12. The van der Waals surface area contributed by atoms with Gasteiger partial charge in [0.2, 0.25) is 0 Å². The number of rotatable bonds is 4. The minimum Gasteiger partial charge on any atom is -0.458 e. The predicted octanol–water partition coefficient (Wildman–Crippen LogP) is 3.52. The van der Waals surface area contributed by atoms with E-state index < -0.39 is 8.32 Å². The molecule has 1 aliphatic rings. The summed E-state index contributed by atoms with van der Waals surface area (Å²) in [6.45, 7) is 13.4. The second-order valence-corrected chi connectivity index (χ2v) is 11.4. The van der Waals surface area contributed by atoms with Crippen molar-refractivity contribution in [3.63, 3.8) is 0 Å². The van der Waals surface area contributed by atoms with E-state index in [1.54, 1.807) is 0 Å². The molecule has 0 saturated heterocycles. The minimum absolute atomic E-state index is 0.0597. The third-order valence-corrected chi connectivity index (χ3v) is 8.42. The smallest absolute Gasteiger partial charge is 0.303 e. The monoisotopic (exact) mass is 270 g/mol. The highest BCUT2D eigenvalue weighted by Gasteiger charge is 2.37. The number of carbonyl (C=O) groups excluding carboxylic acids is 1. The lowest BCUT2D eigenvalue weighted by Gasteiger charge is -2.36. The van der Waals surface area contributed by atoms with E-state index in [0.29, 0.717) is 5.92 Å². The standard InChI is InChI=1S/C14H26O3Si/c1-11(15)17-13-8-7-12(9-13)10-16-18(5,6)14(2,3)4/h7-8,12-13H,9-10H2,1-6H3. The maximum atomic E-state index is 10.9. The van der Waals surface area contributed by atoms with Crippen molar-refractivity contribution < 1.29 is 14.0 Å². The van der Waals surface area contributed by atoms with E-state index in [9.17, 15) is 4.79 Å². The average molecular weight is 270 g/mol. The number of hydrogen-bond acceptors (Lipinski definition) is 3. The van der Waals surface area contributed by atoms with Crippen LogP contribution in [0.2, 0.25) is 18.1 Å². The van der Waals surface area contributed by atoms with Crippen LogP contribution < -0.4 is 0 Å². The summed E-state index contributed by atoms with van der Waals surface area (Å²) in [5.41, 5.74) is 0. The van der Waals surface area contributed by atoms with E-state index in [4.69, 9.17) is 9.16 Å². The molecule has 0 aromatic rings. The Balaban J connectivity index is 2.39. The summed E-state index contributed by atoms with van der Waals surface area (Å²) < 4.78 is 11.3. The van der Waals surface area contributed by atoms with E-state index in [-0.39, 0.29) is 17.1 Å². The van der Waals surface area contributed by atoms with Crippen LogP contribution in [0, 0.1) is 5.92 Å². The van der Waals surface area contributed by atoms with Gasteiger partial charge in [-0.15, -0.1) is 0 Å². The first kappa shape index (κ1) is 15.4. The summed E-state index contributed by atoms with van der Waals surface area (Å²) in [6.07, 6.45) is 4.88. The van der Waals surface area contributed by atoms with Crippen molar-refractivity contribution in [1.29, 1.82) is 0 Å². The molecule has 0 spiro atoms. The van der Waals surface area contributed by atoms with Crippen LogP contribution in [0.25, 0.3) is 0 Å². The van der Waals surface area contributed by atoms with Gasteiger partial charge in [-0.05, 0) is 30.6 Å². The van der Waals surface area contributed by atoms with Crippen molar-refractivity contribution in [2.24, 2.45) is 5.92 Å². The lowest BCUT2D eigenvalue weighted by molar-refractivity contribution is -0.144. The molecule has 0 bridgehead atoms. The molecule has 1 rings (SSSR count). The normalized spacial score (nSPS) is 24.3. The zero-order chi connectivity index (χ0) is 14.0. The summed E-state index contributed by atoms with van der Waals surface area (Å²) in [6, 6.07) is 0. The highest BCUT2D eigenvalue weighted by molar-refractivity contribution is 6.74. The molecule has 0 aliphatic heterocycles. The quantitative estimate of drug-likeness (QED) is 0.445. The number of hydrogen-bond donors (Lipinski definition) is 0. The van der Waals surface area contributed by atoms with Gasteiger partial charge in [0.15, 0.2) is 8.32 Å². The Bertz CT molecular complexity index is 328. The van der Waals surface area contributed by atoms with Crippen molar-refractivity contribution in [2.75, 3.05) is 6.61 Å². The molecule has 0 heterocycles. The van der Waals surface area contributed by atoms with Gasteiger partial charge < -0.3 is 9.16 Å². The summed E-state index contributed by atoms with van der Waals surface area (Å²) in [7, 11) is -1.67. The van der Waals surface area contributed by atoms with E-state index >= 15 is 0 Å². The molecule has 18 heavy (non-hydrogen) atoms. The highest BCUT2D eigenvalue weighted by atomic mass is 28.4. The molecule has 0 amide bonds. The first-order valence-corrected chi connectivity index (χ1v) is 9.52. The van der Waals surface area contributed by atoms with Gasteiger partial charge in [-0.25, -0.2) is 0 Å². The molecule has 0 aromatic heterocycles. The fourth-order valence-electron chi connectivity index (χ4n) is 1.69. The molecule has 0 radical (unpaired) electrons. The molecule has 3 nitrogen and oxygen atoms in total. The van der Waals surface area contributed by atoms with Crippen molar-refractivity contribution in [3.8, 4) is 0 Å². The molecule has 2 atom stereocenters. The highest BCUT2D eigenvalue weighted by Crippen LogP contribution is 2.37. The molecule has 1 aliphatic carbocycles. The van der Waals surface area contributed by atoms with Gasteiger partial charge in [0, 0.05) is 19.4 Å². The lowest BCUT2D eigenvalue weighted by atomic mass is 10.1. The Morgan fingerprint density at radius 2 is 1.94 bits per heavy atom. The maximum absolute atomic E-state index is 10.9. The molecule has 0 aromatic carbocycles. The fraction of sp³-hybridized carbons (Fsp3) is 0.786. The summed E-state index contributed by atoms with van der Waals surface area (Å²) >= 11 is 0. The van der Waals surface area contributed by atoms with Crippen molar-refractivity contribution in [1.82, 2.24) is 0 Å². The molecule has 0 N–H and O–H groups in total. The largest absolute Gasteiger partial charge is 0.458 e. The van der Waals surface area contributed by atoms with Crippen LogP contribution in [0.5, 0.6) is 0 Å². The topological polar surface area (TPSA) is 35.5 Å². The van der Waals surface area contributed by atoms with Crippen LogP contribution in [0.3, 0.4) is 0 Å². The molecule has 104 valence electrons. The summed E-state index contributed by atoms with van der Waals surface area (Å²) in [5, 5.41) is 0.241. The SMILES string of the molecule is CC(=O)OC1C=CC(CO[Si](C)(C)C(C)(C)C)C1. The molecule has 0 saturated carbocycles. The minimum atomic E-state index is -1.67. The molecule has 0 fully saturated rings. The summed E-state index contributed by atoms with van der Waals surface area (Å²) in [5.74, 6) is 0.166. The third kappa shape index (κ3) is 4.25. The van der Waals surface area contributed by atoms with Gasteiger partial charge in [-0.1, -0.05) is 26.8 Å². The van der Waals surface area contributed by atoms with Crippen molar-refractivity contribution >= 4 is 14.3 Å². The van der Waals surface area contributed by atoms with Crippen LogP contribution in [-0.2, 0) is 14.0 Å². The van der Waals surface area contributed by atoms with Gasteiger partial charge in [0.1, 0.15) is 6.10 Å². The van der Waals surface area contributed by atoms with E-state index in [1.165, 1.54) is 6.92 Å². The Kier molecular flexibility index (Phi) is 4.78. The van der Waals surface area contributed by atoms with Gasteiger partial charge in [-0.2, -0.15) is 0 Å². The molecular weight excluding hydrogens is 244 g/mol. The predicted molar refractivity (Wildman–Crippen MR) is 76.0 cm³/mol.